The van der Waals surface area contributed by atoms with Crippen LogP contribution in [0.1, 0.15) is 85.0 Å². The van der Waals surface area contributed by atoms with Crippen molar-refractivity contribution < 1.29 is 5.11 Å². The van der Waals surface area contributed by atoms with Crippen molar-refractivity contribution in [2.75, 3.05) is 52.4 Å². The molecular formula is C23H47N3O. The number of rotatable bonds is 19. The van der Waals surface area contributed by atoms with Crippen LogP contribution in [0.2, 0.25) is 0 Å². The highest BCUT2D eigenvalue weighted by Crippen LogP contribution is 2.33. The number of likely N-dealkylation sites (N-methyl/N-ethyl adjacent to an activating group) is 1. The van der Waals surface area contributed by atoms with Crippen LogP contribution in [-0.4, -0.2) is 67.3 Å². The maximum absolute atomic E-state index is 9.13. The Kier molecular flexibility index (Phi) is 14.8. The topological polar surface area (TPSA) is 38.7 Å². The number of aliphatic hydroxyl groups excluding tert-OH is 1. The number of nitrogens with zero attached hydrogens (tertiary/aromatic N) is 2. The molecule has 0 saturated heterocycles. The van der Waals surface area contributed by atoms with Crippen LogP contribution in [0, 0.1) is 0 Å². The monoisotopic (exact) mass is 381 g/mol. The molecule has 0 aromatic rings. The van der Waals surface area contributed by atoms with E-state index in [1.807, 2.05) is 0 Å². The van der Waals surface area contributed by atoms with Crippen molar-refractivity contribution in [3.63, 3.8) is 0 Å². The quantitative estimate of drug-likeness (QED) is 0.325. The van der Waals surface area contributed by atoms with Gasteiger partial charge < -0.3 is 20.2 Å². The lowest BCUT2D eigenvalue weighted by Crippen LogP contribution is -2.37. The standard InChI is InChI=1S/C23H47N3O/c1-4-7-9-11-16-26(17-12-10-8-5-2)23(22-13-14-22)21-24-15-18-25(6-3)19-20-27/h24,27H,4-21H2,1-3H3. The summed E-state index contributed by atoms with van der Waals surface area (Å²) in [5.74, 6) is 0. The molecule has 0 aromatic carbocycles. The Morgan fingerprint density at radius 1 is 0.852 bits per heavy atom. The summed E-state index contributed by atoms with van der Waals surface area (Å²) in [5.41, 5.74) is 3.30. The molecule has 1 saturated carbocycles. The van der Waals surface area contributed by atoms with Crippen LogP contribution in [0.25, 0.3) is 0 Å². The van der Waals surface area contributed by atoms with Gasteiger partial charge in [-0.15, -0.1) is 0 Å². The number of hydrogen-bond donors (Lipinski definition) is 2. The fourth-order valence-electron chi connectivity index (χ4n) is 3.67. The van der Waals surface area contributed by atoms with E-state index >= 15 is 0 Å². The van der Waals surface area contributed by atoms with Crippen LogP contribution in [0.3, 0.4) is 0 Å². The van der Waals surface area contributed by atoms with E-state index < -0.39 is 0 Å². The molecule has 0 atom stereocenters. The van der Waals surface area contributed by atoms with Crippen molar-refractivity contribution in [1.29, 1.82) is 0 Å². The van der Waals surface area contributed by atoms with Gasteiger partial charge >= 0.3 is 0 Å². The van der Waals surface area contributed by atoms with Gasteiger partial charge in [0.2, 0.25) is 0 Å². The summed E-state index contributed by atoms with van der Waals surface area (Å²) in [5, 5.41) is 12.8. The van der Waals surface area contributed by atoms with E-state index in [0.29, 0.717) is 0 Å². The molecule has 0 aromatic heterocycles. The molecule has 27 heavy (non-hydrogen) atoms. The molecule has 160 valence electrons. The molecule has 0 unspecified atom stereocenters. The second-order valence-corrected chi connectivity index (χ2v) is 7.99. The normalized spacial score (nSPS) is 13.4. The Morgan fingerprint density at radius 2 is 1.48 bits per heavy atom. The minimum Gasteiger partial charge on any atom is -0.395 e. The van der Waals surface area contributed by atoms with Gasteiger partial charge in [0.15, 0.2) is 0 Å². The second kappa shape index (κ2) is 16.4. The van der Waals surface area contributed by atoms with Gasteiger partial charge in [0.1, 0.15) is 0 Å². The summed E-state index contributed by atoms with van der Waals surface area (Å²) in [6.07, 6.45) is 13.4. The van der Waals surface area contributed by atoms with E-state index in [4.69, 9.17) is 5.11 Å². The molecule has 4 nitrogen and oxygen atoms in total. The van der Waals surface area contributed by atoms with E-state index in [-0.39, 0.29) is 6.61 Å². The summed E-state index contributed by atoms with van der Waals surface area (Å²) in [6, 6.07) is 0. The lowest BCUT2D eigenvalue weighted by Gasteiger charge is -2.29. The lowest BCUT2D eigenvalue weighted by atomic mass is 10.1. The number of nitrogens with one attached hydrogen (secondary N) is 1. The molecule has 1 aliphatic carbocycles. The molecule has 0 spiro atoms. The van der Waals surface area contributed by atoms with Gasteiger partial charge in [-0.05, 0) is 37.8 Å². The SMILES string of the molecule is CCCCCCN(CCCCCC)C(CNCCN(CC)CCO)=C1CC1. The van der Waals surface area contributed by atoms with Crippen LogP contribution in [0.5, 0.6) is 0 Å². The Morgan fingerprint density at radius 3 is 1.96 bits per heavy atom. The third-order valence-electron chi connectivity index (χ3n) is 5.61. The minimum atomic E-state index is 0.256. The second-order valence-electron chi connectivity index (χ2n) is 7.99. The summed E-state index contributed by atoms with van der Waals surface area (Å²) in [4.78, 5) is 5.02. The molecular weight excluding hydrogens is 334 g/mol. The molecule has 0 radical (unpaired) electrons. The first kappa shape index (κ1) is 24.5. The summed E-state index contributed by atoms with van der Waals surface area (Å²) in [7, 11) is 0. The third-order valence-corrected chi connectivity index (χ3v) is 5.61. The number of allylic oxidation sites excluding steroid dienone is 1. The first-order chi connectivity index (χ1) is 13.3. The van der Waals surface area contributed by atoms with Gasteiger partial charge in [-0.25, -0.2) is 0 Å². The number of aliphatic hydroxyl groups is 1. The van der Waals surface area contributed by atoms with Crippen LogP contribution < -0.4 is 5.32 Å². The highest BCUT2D eigenvalue weighted by atomic mass is 16.3. The maximum Gasteiger partial charge on any atom is 0.0558 e. The molecule has 1 aliphatic rings. The van der Waals surface area contributed by atoms with Gasteiger partial charge in [0, 0.05) is 45.0 Å². The van der Waals surface area contributed by atoms with Crippen molar-refractivity contribution in [3.05, 3.63) is 11.3 Å². The third kappa shape index (κ3) is 11.8. The zero-order chi connectivity index (χ0) is 19.7. The van der Waals surface area contributed by atoms with Crippen molar-refractivity contribution in [2.45, 2.75) is 85.0 Å². The Balaban J connectivity index is 2.47. The average Bonchev–Trinajstić information content (AvgIpc) is 3.51. The molecule has 0 bridgehead atoms. The van der Waals surface area contributed by atoms with Gasteiger partial charge in [-0.2, -0.15) is 0 Å². The zero-order valence-electron chi connectivity index (χ0n) is 18.6. The van der Waals surface area contributed by atoms with Crippen LogP contribution >= 0.6 is 0 Å². The summed E-state index contributed by atoms with van der Waals surface area (Å²) < 4.78 is 0. The number of hydrogen-bond acceptors (Lipinski definition) is 4. The summed E-state index contributed by atoms with van der Waals surface area (Å²) >= 11 is 0. The largest absolute Gasteiger partial charge is 0.395 e. The van der Waals surface area contributed by atoms with Crippen molar-refractivity contribution in [3.8, 4) is 0 Å². The predicted molar refractivity (Wildman–Crippen MR) is 118 cm³/mol. The van der Waals surface area contributed by atoms with Crippen molar-refractivity contribution >= 4 is 0 Å². The fourth-order valence-corrected chi connectivity index (χ4v) is 3.67. The van der Waals surface area contributed by atoms with Gasteiger partial charge in [0.05, 0.1) is 6.61 Å². The van der Waals surface area contributed by atoms with Gasteiger partial charge in [-0.3, -0.25) is 0 Å². The Bertz CT molecular complexity index is 366. The molecule has 1 fully saturated rings. The van der Waals surface area contributed by atoms with Crippen LogP contribution in [-0.2, 0) is 0 Å². The first-order valence-corrected chi connectivity index (χ1v) is 11.8. The number of unbranched alkanes of at least 4 members (excludes halogenated alkanes) is 6. The van der Waals surface area contributed by atoms with Crippen molar-refractivity contribution in [1.82, 2.24) is 15.1 Å². The molecule has 0 heterocycles. The maximum atomic E-state index is 9.13. The van der Waals surface area contributed by atoms with E-state index in [2.05, 4.69) is 35.9 Å². The predicted octanol–water partition coefficient (Wildman–Crippen LogP) is 4.40. The molecule has 2 N–H and O–H groups in total. The van der Waals surface area contributed by atoms with Crippen LogP contribution in [0.4, 0.5) is 0 Å². The molecule has 0 amide bonds. The lowest BCUT2D eigenvalue weighted by molar-refractivity contribution is 0.202. The average molecular weight is 382 g/mol. The fraction of sp³-hybridized carbons (Fsp3) is 0.913. The Labute approximate surface area is 169 Å². The molecule has 1 rings (SSSR count). The minimum absolute atomic E-state index is 0.256. The Hall–Kier alpha value is -0.580. The van der Waals surface area contributed by atoms with E-state index in [0.717, 1.165) is 32.7 Å². The highest BCUT2D eigenvalue weighted by molar-refractivity contribution is 5.25. The molecule has 4 heteroatoms. The van der Waals surface area contributed by atoms with E-state index in [1.165, 1.54) is 77.3 Å². The van der Waals surface area contributed by atoms with E-state index in [9.17, 15) is 0 Å². The van der Waals surface area contributed by atoms with E-state index in [1.54, 1.807) is 11.3 Å². The van der Waals surface area contributed by atoms with Gasteiger partial charge in [-0.1, -0.05) is 59.3 Å². The van der Waals surface area contributed by atoms with Crippen LogP contribution in [0.15, 0.2) is 11.3 Å². The van der Waals surface area contributed by atoms with Crippen molar-refractivity contribution in [2.24, 2.45) is 0 Å². The highest BCUT2D eigenvalue weighted by Gasteiger charge is 2.21. The molecule has 0 aliphatic heterocycles. The first-order valence-electron chi connectivity index (χ1n) is 11.8. The zero-order valence-corrected chi connectivity index (χ0v) is 18.6. The van der Waals surface area contributed by atoms with Gasteiger partial charge in [0.25, 0.3) is 0 Å². The summed E-state index contributed by atoms with van der Waals surface area (Å²) in [6.45, 7) is 14.3. The smallest absolute Gasteiger partial charge is 0.0558 e.